The molecule has 10 heteroatoms. The standard InChI is InChI=1S/C27H27ClFN3O4S/c28-24-18-23(37(34,35)32-13-3-5-20-4-1-2-6-25(20)32)11-12-26(24)36-19-27(33)31-16-14-30(15-17-31)22-9-7-21(29)8-10-22/h1-2,4,6-12,18H,3,5,13-17,19H2. The minimum Gasteiger partial charge on any atom is -0.482 e. The van der Waals surface area contributed by atoms with Crippen molar-refractivity contribution in [1.82, 2.24) is 4.90 Å². The first-order valence-corrected chi connectivity index (χ1v) is 14.0. The van der Waals surface area contributed by atoms with Gasteiger partial charge in [-0.15, -0.1) is 0 Å². The molecule has 7 nitrogen and oxygen atoms in total. The molecule has 2 heterocycles. The molecule has 1 saturated heterocycles. The number of hydrogen-bond acceptors (Lipinski definition) is 5. The van der Waals surface area contributed by atoms with E-state index in [9.17, 15) is 17.6 Å². The van der Waals surface area contributed by atoms with E-state index >= 15 is 0 Å². The van der Waals surface area contributed by atoms with E-state index in [4.69, 9.17) is 16.3 Å². The molecule has 1 fully saturated rings. The van der Waals surface area contributed by atoms with Gasteiger partial charge in [0, 0.05) is 38.4 Å². The maximum atomic E-state index is 13.4. The number of piperazine rings is 1. The fraction of sp³-hybridized carbons (Fsp3) is 0.296. The average molecular weight is 544 g/mol. The molecule has 5 rings (SSSR count). The molecule has 2 aliphatic heterocycles. The smallest absolute Gasteiger partial charge is 0.264 e. The summed E-state index contributed by atoms with van der Waals surface area (Å²) in [6, 6.07) is 18.1. The molecular formula is C27H27ClFN3O4S. The summed E-state index contributed by atoms with van der Waals surface area (Å²) in [5.74, 6) is -0.217. The number of aryl methyl sites for hydroxylation is 1. The highest BCUT2D eigenvalue weighted by Crippen LogP contribution is 2.34. The molecule has 194 valence electrons. The largest absolute Gasteiger partial charge is 0.482 e. The van der Waals surface area contributed by atoms with Crippen LogP contribution in [0, 0.1) is 5.82 Å². The van der Waals surface area contributed by atoms with Crippen LogP contribution in [-0.2, 0) is 21.2 Å². The highest BCUT2D eigenvalue weighted by atomic mass is 35.5. The van der Waals surface area contributed by atoms with Gasteiger partial charge in [-0.05, 0) is 66.9 Å². The van der Waals surface area contributed by atoms with Crippen LogP contribution in [0.5, 0.6) is 5.75 Å². The Labute approximate surface area is 221 Å². The van der Waals surface area contributed by atoms with Crippen molar-refractivity contribution in [3.63, 3.8) is 0 Å². The molecule has 0 bridgehead atoms. The van der Waals surface area contributed by atoms with Gasteiger partial charge in [-0.25, -0.2) is 12.8 Å². The Morgan fingerprint density at radius 3 is 2.41 bits per heavy atom. The van der Waals surface area contributed by atoms with Crippen molar-refractivity contribution in [2.75, 3.05) is 48.5 Å². The van der Waals surface area contributed by atoms with Gasteiger partial charge in [-0.3, -0.25) is 9.10 Å². The Balaban J connectivity index is 1.20. The predicted octanol–water partition coefficient (Wildman–Crippen LogP) is 4.35. The molecule has 0 N–H and O–H groups in total. The quantitative estimate of drug-likeness (QED) is 0.462. The zero-order chi connectivity index (χ0) is 26.0. The van der Waals surface area contributed by atoms with Crippen LogP contribution in [0.3, 0.4) is 0 Å². The van der Waals surface area contributed by atoms with E-state index in [1.54, 1.807) is 17.0 Å². The van der Waals surface area contributed by atoms with Gasteiger partial charge in [0.1, 0.15) is 11.6 Å². The van der Waals surface area contributed by atoms with Gasteiger partial charge in [0.2, 0.25) is 0 Å². The third-order valence-corrected chi connectivity index (χ3v) is 8.84. The normalized spacial score (nSPS) is 15.9. The number of halogens is 2. The zero-order valence-electron chi connectivity index (χ0n) is 20.1. The first-order chi connectivity index (χ1) is 17.8. The summed E-state index contributed by atoms with van der Waals surface area (Å²) in [5, 5.41) is 0.125. The van der Waals surface area contributed by atoms with E-state index in [2.05, 4.69) is 4.90 Å². The summed E-state index contributed by atoms with van der Waals surface area (Å²) in [7, 11) is -3.80. The highest BCUT2D eigenvalue weighted by Gasteiger charge is 2.29. The zero-order valence-corrected chi connectivity index (χ0v) is 21.7. The number of benzene rings is 3. The summed E-state index contributed by atoms with van der Waals surface area (Å²) in [5.41, 5.74) is 2.61. The van der Waals surface area contributed by atoms with Crippen LogP contribution in [0.15, 0.2) is 71.6 Å². The van der Waals surface area contributed by atoms with Gasteiger partial charge < -0.3 is 14.5 Å². The lowest BCUT2D eigenvalue weighted by Gasteiger charge is -2.36. The maximum Gasteiger partial charge on any atom is 0.264 e. The number of nitrogens with zero attached hydrogens (tertiary/aromatic N) is 3. The second-order valence-electron chi connectivity index (χ2n) is 9.03. The molecule has 0 atom stereocenters. The molecule has 0 aliphatic carbocycles. The fourth-order valence-electron chi connectivity index (χ4n) is 4.73. The van der Waals surface area contributed by atoms with Gasteiger partial charge in [0.25, 0.3) is 15.9 Å². The number of anilines is 2. The number of hydrogen-bond donors (Lipinski definition) is 0. The highest BCUT2D eigenvalue weighted by molar-refractivity contribution is 7.92. The topological polar surface area (TPSA) is 70.2 Å². The molecular weight excluding hydrogens is 517 g/mol. The number of fused-ring (bicyclic) bond motifs is 1. The fourth-order valence-corrected chi connectivity index (χ4v) is 6.60. The third kappa shape index (κ3) is 5.38. The summed E-state index contributed by atoms with van der Waals surface area (Å²) in [6.07, 6.45) is 1.58. The third-order valence-electron chi connectivity index (χ3n) is 6.73. The SMILES string of the molecule is O=C(COc1ccc(S(=O)(=O)N2CCCc3ccccc32)cc1Cl)N1CCN(c2ccc(F)cc2)CC1. The van der Waals surface area contributed by atoms with Gasteiger partial charge in [0.05, 0.1) is 15.6 Å². The molecule has 0 aromatic heterocycles. The first kappa shape index (κ1) is 25.4. The number of ether oxygens (including phenoxy) is 1. The van der Waals surface area contributed by atoms with Gasteiger partial charge in [-0.1, -0.05) is 29.8 Å². The van der Waals surface area contributed by atoms with E-state index in [-0.39, 0.29) is 34.0 Å². The Morgan fingerprint density at radius 1 is 0.946 bits per heavy atom. The number of carbonyl (C=O) groups excluding carboxylic acids is 1. The number of rotatable bonds is 6. The van der Waals surface area contributed by atoms with Crippen LogP contribution in [0.1, 0.15) is 12.0 Å². The van der Waals surface area contributed by atoms with Crippen LogP contribution in [0.25, 0.3) is 0 Å². The van der Waals surface area contributed by atoms with Gasteiger partial charge >= 0.3 is 0 Å². The van der Waals surface area contributed by atoms with Crippen molar-refractivity contribution in [3.05, 3.63) is 83.1 Å². The molecule has 0 spiro atoms. The predicted molar refractivity (Wildman–Crippen MR) is 141 cm³/mol. The van der Waals surface area contributed by atoms with Crippen LogP contribution < -0.4 is 13.9 Å². The Bertz CT molecular complexity index is 1390. The Kier molecular flexibility index (Phi) is 7.26. The van der Waals surface area contributed by atoms with Crippen molar-refractivity contribution in [3.8, 4) is 5.75 Å². The van der Waals surface area contributed by atoms with Crippen molar-refractivity contribution < 1.29 is 22.3 Å². The molecule has 0 saturated carbocycles. The number of amides is 1. The molecule has 2 aliphatic rings. The van der Waals surface area contributed by atoms with Crippen LogP contribution in [0.2, 0.25) is 5.02 Å². The minimum absolute atomic E-state index is 0.0739. The van der Waals surface area contributed by atoms with E-state index in [1.807, 2.05) is 24.3 Å². The molecule has 0 radical (unpaired) electrons. The number of carbonyl (C=O) groups is 1. The van der Waals surface area contributed by atoms with Crippen LogP contribution >= 0.6 is 11.6 Å². The average Bonchev–Trinajstić information content (AvgIpc) is 2.92. The first-order valence-electron chi connectivity index (χ1n) is 12.1. The molecule has 3 aromatic carbocycles. The minimum atomic E-state index is -3.80. The van der Waals surface area contributed by atoms with E-state index in [0.29, 0.717) is 38.4 Å². The lowest BCUT2D eigenvalue weighted by atomic mass is 10.0. The van der Waals surface area contributed by atoms with E-state index in [0.717, 1.165) is 24.1 Å². The van der Waals surface area contributed by atoms with E-state index in [1.165, 1.54) is 34.6 Å². The van der Waals surface area contributed by atoms with Gasteiger partial charge in [-0.2, -0.15) is 0 Å². The molecule has 0 unspecified atom stereocenters. The lowest BCUT2D eigenvalue weighted by molar-refractivity contribution is -0.133. The molecule has 1 amide bonds. The monoisotopic (exact) mass is 543 g/mol. The Hall–Kier alpha value is -3.30. The molecule has 37 heavy (non-hydrogen) atoms. The lowest BCUT2D eigenvalue weighted by Crippen LogP contribution is -2.50. The molecule has 3 aromatic rings. The number of para-hydroxylation sites is 1. The second-order valence-corrected chi connectivity index (χ2v) is 11.3. The van der Waals surface area contributed by atoms with Crippen molar-refractivity contribution in [1.29, 1.82) is 0 Å². The van der Waals surface area contributed by atoms with Gasteiger partial charge in [0.15, 0.2) is 6.61 Å². The second kappa shape index (κ2) is 10.6. The van der Waals surface area contributed by atoms with Crippen LogP contribution in [0.4, 0.5) is 15.8 Å². The summed E-state index contributed by atoms with van der Waals surface area (Å²) >= 11 is 6.38. The van der Waals surface area contributed by atoms with Crippen molar-refractivity contribution >= 4 is 38.9 Å². The van der Waals surface area contributed by atoms with Crippen molar-refractivity contribution in [2.45, 2.75) is 17.7 Å². The van der Waals surface area contributed by atoms with E-state index < -0.39 is 10.0 Å². The number of sulfonamides is 1. The summed E-state index contributed by atoms with van der Waals surface area (Å²) in [4.78, 5) is 16.6. The Morgan fingerprint density at radius 2 is 1.68 bits per heavy atom. The summed E-state index contributed by atoms with van der Waals surface area (Å²) in [6.45, 7) is 2.48. The summed E-state index contributed by atoms with van der Waals surface area (Å²) < 4.78 is 47.0. The maximum absolute atomic E-state index is 13.4. The van der Waals surface area contributed by atoms with Crippen LogP contribution in [-0.4, -0.2) is 58.6 Å². The van der Waals surface area contributed by atoms with Crippen molar-refractivity contribution in [2.24, 2.45) is 0 Å².